The van der Waals surface area contributed by atoms with Crippen LogP contribution in [0.25, 0.3) is 0 Å². The van der Waals surface area contributed by atoms with Crippen LogP contribution >= 0.6 is 0 Å². The Bertz CT molecular complexity index is 456. The van der Waals surface area contributed by atoms with Crippen LogP contribution in [0.3, 0.4) is 0 Å². The number of benzene rings is 1. The molecule has 1 amide bonds. The second-order valence-electron chi connectivity index (χ2n) is 4.69. The van der Waals surface area contributed by atoms with Crippen LogP contribution in [0.15, 0.2) is 18.2 Å². The minimum Gasteiger partial charge on any atom is -0.490 e. The molecule has 0 spiro atoms. The number of ether oxygens (including phenoxy) is 2. The molecule has 5 heteroatoms. The van der Waals surface area contributed by atoms with E-state index in [1.807, 2.05) is 13.8 Å². The molecule has 1 saturated heterocycles. The maximum Gasteiger partial charge on any atom is 0.251 e. The van der Waals surface area contributed by atoms with Gasteiger partial charge in [0, 0.05) is 18.2 Å². The topological polar surface area (TPSA) is 59.6 Å². The first-order chi connectivity index (χ1) is 9.74. The largest absolute Gasteiger partial charge is 0.490 e. The summed E-state index contributed by atoms with van der Waals surface area (Å²) >= 11 is 0. The average Bonchev–Trinajstić information content (AvgIpc) is 2.94. The van der Waals surface area contributed by atoms with Gasteiger partial charge in [0.05, 0.1) is 13.2 Å². The molecule has 0 aromatic heterocycles. The number of amides is 1. The van der Waals surface area contributed by atoms with Gasteiger partial charge in [0.2, 0.25) is 0 Å². The molecule has 5 nitrogen and oxygen atoms in total. The van der Waals surface area contributed by atoms with Gasteiger partial charge >= 0.3 is 0 Å². The lowest BCUT2D eigenvalue weighted by molar-refractivity contribution is 0.0939. The van der Waals surface area contributed by atoms with Crippen molar-refractivity contribution < 1.29 is 14.3 Å². The van der Waals surface area contributed by atoms with Crippen LogP contribution in [0.2, 0.25) is 0 Å². The highest BCUT2D eigenvalue weighted by molar-refractivity contribution is 5.95. The molecule has 0 radical (unpaired) electrons. The molecule has 0 unspecified atom stereocenters. The second kappa shape index (κ2) is 7.14. The summed E-state index contributed by atoms with van der Waals surface area (Å²) in [6.07, 6.45) is 0.973. The van der Waals surface area contributed by atoms with Crippen molar-refractivity contribution in [1.29, 1.82) is 0 Å². The molecule has 2 N–H and O–H groups in total. The standard InChI is InChI=1S/C15H22N2O3/c1-3-19-13-6-5-11(9-14(13)20-4-2)15(18)17-12-7-8-16-10-12/h5-6,9,12,16H,3-4,7-8,10H2,1-2H3,(H,17,18)/t12-/m1/s1. The van der Waals surface area contributed by atoms with Crippen LogP contribution in [0.1, 0.15) is 30.6 Å². The van der Waals surface area contributed by atoms with Gasteiger partial charge in [0.25, 0.3) is 5.91 Å². The summed E-state index contributed by atoms with van der Waals surface area (Å²) in [5.41, 5.74) is 0.601. The van der Waals surface area contributed by atoms with Crippen molar-refractivity contribution in [3.63, 3.8) is 0 Å². The van der Waals surface area contributed by atoms with Crippen molar-refractivity contribution in [2.75, 3.05) is 26.3 Å². The summed E-state index contributed by atoms with van der Waals surface area (Å²) in [7, 11) is 0. The number of carbonyl (C=O) groups is 1. The Balaban J connectivity index is 2.10. The van der Waals surface area contributed by atoms with E-state index in [0.29, 0.717) is 30.3 Å². The number of nitrogens with one attached hydrogen (secondary N) is 2. The molecule has 1 aromatic carbocycles. The van der Waals surface area contributed by atoms with E-state index in [1.54, 1.807) is 18.2 Å². The lowest BCUT2D eigenvalue weighted by Gasteiger charge is -2.14. The van der Waals surface area contributed by atoms with Crippen molar-refractivity contribution in [3.05, 3.63) is 23.8 Å². The first-order valence-corrected chi connectivity index (χ1v) is 7.15. The molecular formula is C15H22N2O3. The Kier molecular flexibility index (Phi) is 5.24. The van der Waals surface area contributed by atoms with Gasteiger partial charge in [-0.25, -0.2) is 0 Å². The minimum atomic E-state index is -0.0669. The van der Waals surface area contributed by atoms with Gasteiger partial charge in [0.15, 0.2) is 11.5 Å². The smallest absolute Gasteiger partial charge is 0.251 e. The Morgan fingerprint density at radius 3 is 2.70 bits per heavy atom. The maximum atomic E-state index is 12.2. The molecule has 110 valence electrons. The average molecular weight is 278 g/mol. The third kappa shape index (κ3) is 3.63. The number of hydrogen-bond acceptors (Lipinski definition) is 4. The number of hydrogen-bond donors (Lipinski definition) is 2. The SMILES string of the molecule is CCOc1ccc(C(=O)N[C@@H]2CCNC2)cc1OCC. The van der Waals surface area contributed by atoms with E-state index in [4.69, 9.17) is 9.47 Å². The highest BCUT2D eigenvalue weighted by Gasteiger charge is 2.18. The van der Waals surface area contributed by atoms with Gasteiger partial charge in [0.1, 0.15) is 0 Å². The van der Waals surface area contributed by atoms with Crippen LogP contribution in [0, 0.1) is 0 Å². The highest BCUT2D eigenvalue weighted by atomic mass is 16.5. The van der Waals surface area contributed by atoms with E-state index in [2.05, 4.69) is 10.6 Å². The molecule has 0 aliphatic carbocycles. The van der Waals surface area contributed by atoms with E-state index >= 15 is 0 Å². The normalized spacial score (nSPS) is 17.8. The van der Waals surface area contributed by atoms with Crippen LogP contribution < -0.4 is 20.1 Å². The van der Waals surface area contributed by atoms with Gasteiger partial charge in [-0.15, -0.1) is 0 Å². The van der Waals surface area contributed by atoms with Crippen molar-refractivity contribution in [3.8, 4) is 11.5 Å². The molecule has 1 aliphatic heterocycles. The molecule has 1 atom stereocenters. The lowest BCUT2D eigenvalue weighted by atomic mass is 10.1. The van der Waals surface area contributed by atoms with E-state index in [0.717, 1.165) is 19.5 Å². The summed E-state index contributed by atoms with van der Waals surface area (Å²) in [5, 5.41) is 6.25. The van der Waals surface area contributed by atoms with Gasteiger partial charge in [-0.1, -0.05) is 0 Å². The van der Waals surface area contributed by atoms with Crippen molar-refractivity contribution in [2.24, 2.45) is 0 Å². The fraction of sp³-hybridized carbons (Fsp3) is 0.533. The third-order valence-corrected chi connectivity index (χ3v) is 3.20. The molecule has 1 fully saturated rings. The minimum absolute atomic E-state index is 0.0669. The van der Waals surface area contributed by atoms with Crippen molar-refractivity contribution in [2.45, 2.75) is 26.3 Å². The van der Waals surface area contributed by atoms with Crippen molar-refractivity contribution >= 4 is 5.91 Å². The fourth-order valence-electron chi connectivity index (χ4n) is 2.24. The summed E-state index contributed by atoms with van der Waals surface area (Å²) in [6.45, 7) is 6.73. The Labute approximate surface area is 119 Å². The summed E-state index contributed by atoms with van der Waals surface area (Å²) in [6, 6.07) is 5.51. The molecule has 20 heavy (non-hydrogen) atoms. The summed E-state index contributed by atoms with van der Waals surface area (Å²) in [5.74, 6) is 1.22. The van der Waals surface area contributed by atoms with E-state index < -0.39 is 0 Å². The van der Waals surface area contributed by atoms with E-state index in [1.165, 1.54) is 0 Å². The quantitative estimate of drug-likeness (QED) is 0.829. The monoisotopic (exact) mass is 278 g/mol. The van der Waals surface area contributed by atoms with Gasteiger partial charge in [-0.05, 0) is 45.0 Å². The Morgan fingerprint density at radius 2 is 2.05 bits per heavy atom. The van der Waals surface area contributed by atoms with Gasteiger partial charge < -0.3 is 20.1 Å². The predicted molar refractivity (Wildman–Crippen MR) is 77.5 cm³/mol. The van der Waals surface area contributed by atoms with Crippen molar-refractivity contribution in [1.82, 2.24) is 10.6 Å². The number of rotatable bonds is 6. The molecule has 2 rings (SSSR count). The molecule has 1 aliphatic rings. The zero-order chi connectivity index (χ0) is 14.4. The van der Waals surface area contributed by atoms with Crippen LogP contribution in [-0.4, -0.2) is 38.3 Å². The molecular weight excluding hydrogens is 256 g/mol. The van der Waals surface area contributed by atoms with Gasteiger partial charge in [-0.3, -0.25) is 4.79 Å². The predicted octanol–water partition coefficient (Wildman–Crippen LogP) is 1.58. The van der Waals surface area contributed by atoms with Crippen LogP contribution in [0.5, 0.6) is 11.5 Å². The van der Waals surface area contributed by atoms with Crippen LogP contribution in [0.4, 0.5) is 0 Å². The molecule has 1 aromatic rings. The lowest BCUT2D eigenvalue weighted by Crippen LogP contribution is -2.36. The van der Waals surface area contributed by atoms with E-state index in [-0.39, 0.29) is 11.9 Å². The maximum absolute atomic E-state index is 12.2. The zero-order valence-electron chi connectivity index (χ0n) is 12.1. The Morgan fingerprint density at radius 1 is 1.30 bits per heavy atom. The van der Waals surface area contributed by atoms with E-state index in [9.17, 15) is 4.79 Å². The van der Waals surface area contributed by atoms with Crippen LogP contribution in [-0.2, 0) is 0 Å². The van der Waals surface area contributed by atoms with Gasteiger partial charge in [-0.2, -0.15) is 0 Å². The molecule has 1 heterocycles. The number of carbonyl (C=O) groups excluding carboxylic acids is 1. The summed E-state index contributed by atoms with van der Waals surface area (Å²) in [4.78, 5) is 12.2. The first kappa shape index (κ1) is 14.7. The molecule has 0 saturated carbocycles. The second-order valence-corrected chi connectivity index (χ2v) is 4.69. The Hall–Kier alpha value is -1.75. The fourth-order valence-corrected chi connectivity index (χ4v) is 2.24. The zero-order valence-corrected chi connectivity index (χ0v) is 12.1. The summed E-state index contributed by atoms with van der Waals surface area (Å²) < 4.78 is 11.0. The first-order valence-electron chi connectivity index (χ1n) is 7.15. The highest BCUT2D eigenvalue weighted by Crippen LogP contribution is 2.28. The third-order valence-electron chi connectivity index (χ3n) is 3.20. The molecule has 0 bridgehead atoms.